The maximum atomic E-state index is 12.4. The lowest BCUT2D eigenvalue weighted by atomic mass is 9.96. The molecule has 2 rings (SSSR count). The summed E-state index contributed by atoms with van der Waals surface area (Å²) < 4.78 is 11.1. The third kappa shape index (κ3) is 7.54. The lowest BCUT2D eigenvalue weighted by molar-refractivity contribution is 0.0182. The highest BCUT2D eigenvalue weighted by molar-refractivity contribution is 5.89. The van der Waals surface area contributed by atoms with Crippen LogP contribution in [0.4, 0.5) is 4.79 Å². The number of benzene rings is 1. The van der Waals surface area contributed by atoms with Gasteiger partial charge in [-0.25, -0.2) is 9.59 Å². The van der Waals surface area contributed by atoms with Gasteiger partial charge in [0.1, 0.15) is 6.10 Å². The predicted molar refractivity (Wildman–Crippen MR) is 119 cm³/mol. The van der Waals surface area contributed by atoms with Crippen LogP contribution >= 0.6 is 0 Å². The van der Waals surface area contributed by atoms with Crippen LogP contribution in [0.3, 0.4) is 0 Å². The Kier molecular flexibility index (Phi) is 9.92. The van der Waals surface area contributed by atoms with Gasteiger partial charge in [-0.15, -0.1) is 6.58 Å². The van der Waals surface area contributed by atoms with Gasteiger partial charge in [-0.05, 0) is 44.2 Å². The van der Waals surface area contributed by atoms with Gasteiger partial charge in [0, 0.05) is 18.9 Å². The molecule has 0 heterocycles. The monoisotopic (exact) mass is 411 g/mol. The van der Waals surface area contributed by atoms with E-state index in [1.54, 1.807) is 12.1 Å². The quantitative estimate of drug-likeness (QED) is 0.316. The van der Waals surface area contributed by atoms with Gasteiger partial charge in [0.25, 0.3) is 0 Å². The SMILES string of the molecule is C=CC/C(=C\C=C/C)CCOC(=O)NCC1C(C)CCC1OC(=O)c1ccccc1. The highest BCUT2D eigenvalue weighted by Crippen LogP contribution is 2.34. The molecule has 0 spiro atoms. The fraction of sp³-hybridized carbons (Fsp3) is 0.440. The summed E-state index contributed by atoms with van der Waals surface area (Å²) in [6, 6.07) is 8.99. The van der Waals surface area contributed by atoms with E-state index in [2.05, 4.69) is 18.8 Å². The Balaban J connectivity index is 1.79. The summed E-state index contributed by atoms with van der Waals surface area (Å²) in [6.07, 6.45) is 10.4. The highest BCUT2D eigenvalue weighted by atomic mass is 16.6. The molecule has 1 N–H and O–H groups in total. The first-order chi connectivity index (χ1) is 14.5. The van der Waals surface area contributed by atoms with E-state index in [1.165, 1.54) is 0 Å². The minimum atomic E-state index is -0.439. The number of esters is 1. The Bertz CT molecular complexity index is 754. The van der Waals surface area contributed by atoms with E-state index >= 15 is 0 Å². The lowest BCUT2D eigenvalue weighted by Gasteiger charge is -2.23. The number of amides is 1. The molecule has 1 aliphatic rings. The summed E-state index contributed by atoms with van der Waals surface area (Å²) in [6.45, 7) is 8.59. The van der Waals surface area contributed by atoms with Crippen LogP contribution in [0.25, 0.3) is 0 Å². The molecule has 0 bridgehead atoms. The number of alkyl carbamates (subject to hydrolysis) is 1. The van der Waals surface area contributed by atoms with Crippen molar-refractivity contribution in [1.82, 2.24) is 5.32 Å². The van der Waals surface area contributed by atoms with Crippen LogP contribution < -0.4 is 5.32 Å². The fourth-order valence-corrected chi connectivity index (χ4v) is 3.68. The Morgan fingerprint density at radius 3 is 2.70 bits per heavy atom. The van der Waals surface area contributed by atoms with Crippen LogP contribution in [0.1, 0.15) is 49.9 Å². The van der Waals surface area contributed by atoms with Crippen LogP contribution in [0.2, 0.25) is 0 Å². The Morgan fingerprint density at radius 2 is 2.00 bits per heavy atom. The number of ether oxygens (including phenoxy) is 2. The molecule has 3 unspecified atom stereocenters. The molecule has 0 saturated heterocycles. The standard InChI is InChI=1S/C25H33NO4/c1-4-6-11-20(10-5-2)16-17-29-25(28)26-18-22-19(3)14-15-23(22)30-24(27)21-12-8-7-9-13-21/h4-9,11-13,19,22-23H,2,10,14-18H2,1,3H3,(H,26,28)/b6-4-,20-11+. The van der Waals surface area contributed by atoms with E-state index in [0.717, 1.165) is 24.8 Å². The highest BCUT2D eigenvalue weighted by Gasteiger charge is 2.36. The third-order valence-electron chi connectivity index (χ3n) is 5.45. The predicted octanol–water partition coefficient (Wildman–Crippen LogP) is 5.45. The zero-order chi connectivity index (χ0) is 21.8. The summed E-state index contributed by atoms with van der Waals surface area (Å²) in [5.41, 5.74) is 1.71. The number of allylic oxidation sites excluding steroid dienone is 4. The molecule has 0 aliphatic heterocycles. The van der Waals surface area contributed by atoms with Crippen LogP contribution in [-0.4, -0.2) is 31.3 Å². The van der Waals surface area contributed by atoms with Crippen molar-refractivity contribution in [2.75, 3.05) is 13.2 Å². The van der Waals surface area contributed by atoms with Crippen LogP contribution in [0, 0.1) is 11.8 Å². The first-order valence-corrected chi connectivity index (χ1v) is 10.6. The number of rotatable bonds is 10. The van der Waals surface area contributed by atoms with E-state index in [0.29, 0.717) is 31.1 Å². The zero-order valence-electron chi connectivity index (χ0n) is 18.0. The van der Waals surface area contributed by atoms with Crippen molar-refractivity contribution < 1.29 is 19.1 Å². The van der Waals surface area contributed by atoms with Gasteiger partial charge < -0.3 is 14.8 Å². The Morgan fingerprint density at radius 1 is 1.23 bits per heavy atom. The summed E-state index contributed by atoms with van der Waals surface area (Å²) in [5, 5.41) is 2.84. The van der Waals surface area contributed by atoms with E-state index in [-0.39, 0.29) is 18.0 Å². The van der Waals surface area contributed by atoms with Crippen molar-refractivity contribution >= 4 is 12.1 Å². The van der Waals surface area contributed by atoms with Gasteiger partial charge in [-0.2, -0.15) is 0 Å². The maximum Gasteiger partial charge on any atom is 0.407 e. The molecule has 0 aromatic heterocycles. The van der Waals surface area contributed by atoms with E-state index < -0.39 is 6.09 Å². The minimum absolute atomic E-state index is 0.0797. The van der Waals surface area contributed by atoms with Crippen molar-refractivity contribution in [2.45, 2.75) is 45.6 Å². The van der Waals surface area contributed by atoms with Crippen LogP contribution in [-0.2, 0) is 9.47 Å². The zero-order valence-corrected chi connectivity index (χ0v) is 18.0. The molecule has 1 aliphatic carbocycles. The third-order valence-corrected chi connectivity index (χ3v) is 5.45. The Labute approximate surface area is 179 Å². The molecule has 1 fully saturated rings. The molecule has 1 amide bonds. The summed E-state index contributed by atoms with van der Waals surface area (Å²) in [5.74, 6) is 0.128. The molecule has 1 saturated carbocycles. The molecular weight excluding hydrogens is 378 g/mol. The lowest BCUT2D eigenvalue weighted by Crippen LogP contribution is -2.37. The van der Waals surface area contributed by atoms with E-state index in [9.17, 15) is 9.59 Å². The average molecular weight is 412 g/mol. The summed E-state index contributed by atoms with van der Waals surface area (Å²) >= 11 is 0. The average Bonchev–Trinajstić information content (AvgIpc) is 3.10. The van der Waals surface area contributed by atoms with Crippen molar-refractivity contribution in [3.63, 3.8) is 0 Å². The Hall–Kier alpha value is -2.82. The van der Waals surface area contributed by atoms with Crippen molar-refractivity contribution in [3.8, 4) is 0 Å². The molecule has 5 heteroatoms. The number of nitrogens with one attached hydrogen (secondary N) is 1. The van der Waals surface area contributed by atoms with E-state index in [1.807, 2.05) is 49.4 Å². The smallest absolute Gasteiger partial charge is 0.407 e. The molecule has 162 valence electrons. The topological polar surface area (TPSA) is 64.6 Å². The first kappa shape index (κ1) is 23.5. The number of hydrogen-bond acceptors (Lipinski definition) is 4. The van der Waals surface area contributed by atoms with Gasteiger partial charge in [-0.3, -0.25) is 0 Å². The molecular formula is C25H33NO4. The second-order valence-electron chi connectivity index (χ2n) is 7.64. The molecule has 5 nitrogen and oxygen atoms in total. The molecule has 30 heavy (non-hydrogen) atoms. The fourth-order valence-electron chi connectivity index (χ4n) is 3.68. The number of carbonyl (C=O) groups is 2. The summed E-state index contributed by atoms with van der Waals surface area (Å²) in [4.78, 5) is 24.5. The number of hydrogen-bond donors (Lipinski definition) is 1. The molecule has 0 radical (unpaired) electrons. The van der Waals surface area contributed by atoms with Crippen LogP contribution in [0.15, 0.2) is 66.8 Å². The molecule has 3 atom stereocenters. The van der Waals surface area contributed by atoms with Crippen molar-refractivity contribution in [2.24, 2.45) is 11.8 Å². The molecule has 1 aromatic rings. The second-order valence-corrected chi connectivity index (χ2v) is 7.64. The minimum Gasteiger partial charge on any atom is -0.458 e. The van der Waals surface area contributed by atoms with Crippen molar-refractivity contribution in [1.29, 1.82) is 0 Å². The van der Waals surface area contributed by atoms with Crippen molar-refractivity contribution in [3.05, 3.63) is 72.4 Å². The van der Waals surface area contributed by atoms with E-state index in [4.69, 9.17) is 9.47 Å². The maximum absolute atomic E-state index is 12.4. The van der Waals surface area contributed by atoms with Gasteiger partial charge in [-0.1, -0.05) is 55.0 Å². The normalized spacial score (nSPS) is 21.4. The summed E-state index contributed by atoms with van der Waals surface area (Å²) in [7, 11) is 0. The second kappa shape index (κ2) is 12.7. The van der Waals surface area contributed by atoms with Gasteiger partial charge in [0.15, 0.2) is 0 Å². The number of carbonyl (C=O) groups excluding carboxylic acids is 2. The van der Waals surface area contributed by atoms with Gasteiger partial charge >= 0.3 is 12.1 Å². The van der Waals surface area contributed by atoms with Gasteiger partial charge in [0.2, 0.25) is 0 Å². The molecule has 1 aromatic carbocycles. The first-order valence-electron chi connectivity index (χ1n) is 10.6. The largest absolute Gasteiger partial charge is 0.458 e. The van der Waals surface area contributed by atoms with Crippen LogP contribution in [0.5, 0.6) is 0 Å². The van der Waals surface area contributed by atoms with Gasteiger partial charge in [0.05, 0.1) is 12.2 Å².